The fourth-order valence-corrected chi connectivity index (χ4v) is 9.15. The standard InChI is InChI=1S/C25H42O5/c1-5-28-25(26)11-9-20-19-7-6-18-16-23(29-14-15-30-23)12-13-24(18,17(2)27-4)21(19)8-10-22(20,25)3/h17-21,26H,5-16H2,1-4H3/t17?,18?,19-,20-,21-,22-,24+,25?/m0/s1. The first-order valence-corrected chi connectivity index (χ1v) is 12.5. The zero-order chi connectivity index (χ0) is 21.2. The van der Waals surface area contributed by atoms with Gasteiger partial charge < -0.3 is 24.1 Å². The van der Waals surface area contributed by atoms with Crippen molar-refractivity contribution in [2.45, 2.75) is 96.2 Å². The third kappa shape index (κ3) is 2.78. The molecule has 0 radical (unpaired) electrons. The Morgan fingerprint density at radius 2 is 1.73 bits per heavy atom. The Labute approximate surface area is 182 Å². The largest absolute Gasteiger partial charge is 0.381 e. The van der Waals surface area contributed by atoms with Crippen LogP contribution in [0.5, 0.6) is 0 Å². The van der Waals surface area contributed by atoms with E-state index in [1.54, 1.807) is 0 Å². The lowest BCUT2D eigenvalue weighted by atomic mass is 9.43. The molecule has 1 aliphatic heterocycles. The summed E-state index contributed by atoms with van der Waals surface area (Å²) >= 11 is 0. The molecule has 8 atom stereocenters. The average Bonchev–Trinajstić information content (AvgIpc) is 3.30. The van der Waals surface area contributed by atoms with Gasteiger partial charge in [-0.05, 0) is 76.0 Å². The van der Waals surface area contributed by atoms with Crippen LogP contribution in [0.1, 0.15) is 78.6 Å². The lowest BCUT2D eigenvalue weighted by molar-refractivity contribution is -0.288. The summed E-state index contributed by atoms with van der Waals surface area (Å²) in [5, 5.41) is 11.4. The molecule has 0 aromatic carbocycles. The van der Waals surface area contributed by atoms with Crippen molar-refractivity contribution >= 4 is 0 Å². The van der Waals surface area contributed by atoms with Crippen LogP contribution < -0.4 is 0 Å². The van der Waals surface area contributed by atoms with E-state index < -0.39 is 5.79 Å². The van der Waals surface area contributed by atoms with Crippen molar-refractivity contribution in [2.75, 3.05) is 26.9 Å². The molecule has 5 fully saturated rings. The summed E-state index contributed by atoms with van der Waals surface area (Å²) in [4.78, 5) is 0. The van der Waals surface area contributed by atoms with Gasteiger partial charge in [0.2, 0.25) is 0 Å². The van der Waals surface area contributed by atoms with E-state index in [1.165, 1.54) is 19.3 Å². The minimum atomic E-state index is -0.948. The van der Waals surface area contributed by atoms with E-state index in [9.17, 15) is 5.11 Å². The predicted molar refractivity (Wildman–Crippen MR) is 114 cm³/mol. The molecule has 172 valence electrons. The van der Waals surface area contributed by atoms with Gasteiger partial charge >= 0.3 is 0 Å². The van der Waals surface area contributed by atoms with Gasteiger partial charge in [0, 0.05) is 43.8 Å². The molecule has 30 heavy (non-hydrogen) atoms. The van der Waals surface area contributed by atoms with Gasteiger partial charge in [-0.2, -0.15) is 0 Å². The summed E-state index contributed by atoms with van der Waals surface area (Å²) < 4.78 is 24.4. The van der Waals surface area contributed by atoms with Crippen LogP contribution in [0.25, 0.3) is 0 Å². The molecule has 4 saturated carbocycles. The van der Waals surface area contributed by atoms with Gasteiger partial charge in [-0.25, -0.2) is 0 Å². The Morgan fingerprint density at radius 1 is 1.00 bits per heavy atom. The summed E-state index contributed by atoms with van der Waals surface area (Å²) in [6.07, 6.45) is 9.97. The molecule has 4 aliphatic carbocycles. The van der Waals surface area contributed by atoms with Gasteiger partial charge in [0.25, 0.3) is 0 Å². The van der Waals surface area contributed by atoms with Crippen molar-refractivity contribution in [3.8, 4) is 0 Å². The molecule has 3 unspecified atom stereocenters. The summed E-state index contributed by atoms with van der Waals surface area (Å²) in [7, 11) is 1.89. The first-order valence-electron chi connectivity index (χ1n) is 12.5. The lowest BCUT2D eigenvalue weighted by Gasteiger charge is -2.64. The van der Waals surface area contributed by atoms with Crippen molar-refractivity contribution in [3.63, 3.8) is 0 Å². The second-order valence-electron chi connectivity index (χ2n) is 11.2. The number of rotatable bonds is 4. The fourth-order valence-electron chi connectivity index (χ4n) is 9.15. The molecule has 0 aromatic rings. The third-order valence-corrected chi connectivity index (χ3v) is 10.6. The first kappa shape index (κ1) is 21.6. The number of hydrogen-bond donors (Lipinski definition) is 1. The molecule has 1 heterocycles. The van der Waals surface area contributed by atoms with Crippen LogP contribution in [-0.4, -0.2) is 49.7 Å². The summed E-state index contributed by atoms with van der Waals surface area (Å²) in [6, 6.07) is 0. The number of ether oxygens (including phenoxy) is 4. The van der Waals surface area contributed by atoms with Crippen LogP contribution in [0.3, 0.4) is 0 Å². The highest BCUT2D eigenvalue weighted by Crippen LogP contribution is 2.70. The maximum Gasteiger partial charge on any atom is 0.171 e. The lowest BCUT2D eigenvalue weighted by Crippen LogP contribution is -2.62. The molecule has 1 N–H and O–H groups in total. The maximum atomic E-state index is 11.4. The Balaban J connectivity index is 1.46. The van der Waals surface area contributed by atoms with Crippen LogP contribution in [0, 0.1) is 34.5 Å². The fraction of sp³-hybridized carbons (Fsp3) is 1.00. The molecule has 5 aliphatic rings. The predicted octanol–water partition coefficient (Wildman–Crippen LogP) is 4.51. The molecule has 1 spiro atoms. The number of fused-ring (bicyclic) bond motifs is 5. The second kappa shape index (κ2) is 7.41. The van der Waals surface area contributed by atoms with E-state index in [4.69, 9.17) is 18.9 Å². The molecule has 0 bridgehead atoms. The van der Waals surface area contributed by atoms with Crippen molar-refractivity contribution in [3.05, 3.63) is 0 Å². The van der Waals surface area contributed by atoms with Gasteiger partial charge in [-0.3, -0.25) is 0 Å². The number of hydrogen-bond acceptors (Lipinski definition) is 5. The highest BCUT2D eigenvalue weighted by Gasteiger charge is 2.68. The summed E-state index contributed by atoms with van der Waals surface area (Å²) in [5.41, 5.74) is 0.0773. The quantitative estimate of drug-likeness (QED) is 0.676. The van der Waals surface area contributed by atoms with E-state index in [1.807, 2.05) is 14.0 Å². The van der Waals surface area contributed by atoms with Gasteiger partial charge in [0.05, 0.1) is 19.3 Å². The molecular formula is C25H42O5. The van der Waals surface area contributed by atoms with Crippen molar-refractivity contribution in [1.82, 2.24) is 0 Å². The van der Waals surface area contributed by atoms with Gasteiger partial charge in [0.15, 0.2) is 11.6 Å². The molecule has 0 aromatic heterocycles. The third-order valence-electron chi connectivity index (χ3n) is 10.6. The van der Waals surface area contributed by atoms with E-state index >= 15 is 0 Å². The van der Waals surface area contributed by atoms with Crippen LogP contribution in [0.15, 0.2) is 0 Å². The van der Waals surface area contributed by atoms with Crippen molar-refractivity contribution < 1.29 is 24.1 Å². The first-order chi connectivity index (χ1) is 14.3. The van der Waals surface area contributed by atoms with Gasteiger partial charge in [0.1, 0.15) is 0 Å². The Morgan fingerprint density at radius 3 is 2.43 bits per heavy atom. The van der Waals surface area contributed by atoms with Crippen LogP contribution in [-0.2, 0) is 18.9 Å². The monoisotopic (exact) mass is 422 g/mol. The SMILES string of the molecule is CCOC1(O)CC[C@H]2[C@@H]3CCC4CC5(CC[C@]4(C(C)OC)[C@H]3CC[C@@]21C)OCCO5. The molecule has 5 nitrogen and oxygen atoms in total. The van der Waals surface area contributed by atoms with E-state index in [0.717, 1.165) is 51.7 Å². The molecule has 1 saturated heterocycles. The van der Waals surface area contributed by atoms with E-state index in [0.29, 0.717) is 30.3 Å². The van der Waals surface area contributed by atoms with Crippen LogP contribution >= 0.6 is 0 Å². The van der Waals surface area contributed by atoms with Crippen LogP contribution in [0.2, 0.25) is 0 Å². The molecule has 5 rings (SSSR count). The minimum absolute atomic E-state index is 0.123. The Kier molecular flexibility index (Phi) is 5.35. The maximum absolute atomic E-state index is 11.4. The highest BCUT2D eigenvalue weighted by molar-refractivity contribution is 5.14. The zero-order valence-corrected chi connectivity index (χ0v) is 19.5. The average molecular weight is 423 g/mol. The Hall–Kier alpha value is -0.200. The van der Waals surface area contributed by atoms with Gasteiger partial charge in [-0.15, -0.1) is 0 Å². The number of methoxy groups -OCH3 is 1. The Bertz CT molecular complexity index is 647. The van der Waals surface area contributed by atoms with E-state index in [-0.39, 0.29) is 22.7 Å². The summed E-state index contributed by atoms with van der Waals surface area (Å²) in [5.74, 6) is 1.18. The second-order valence-corrected chi connectivity index (χ2v) is 11.2. The van der Waals surface area contributed by atoms with Gasteiger partial charge in [-0.1, -0.05) is 6.92 Å². The molecule has 0 amide bonds. The van der Waals surface area contributed by atoms with E-state index in [2.05, 4.69) is 13.8 Å². The smallest absolute Gasteiger partial charge is 0.171 e. The normalized spacial score (nSPS) is 50.7. The van der Waals surface area contributed by atoms with Crippen molar-refractivity contribution in [2.24, 2.45) is 34.5 Å². The number of aliphatic hydroxyl groups is 1. The molecule has 5 heteroatoms. The van der Waals surface area contributed by atoms with Crippen molar-refractivity contribution in [1.29, 1.82) is 0 Å². The molecular weight excluding hydrogens is 380 g/mol. The highest BCUT2D eigenvalue weighted by atomic mass is 16.7. The zero-order valence-electron chi connectivity index (χ0n) is 19.5. The van der Waals surface area contributed by atoms with Crippen LogP contribution in [0.4, 0.5) is 0 Å². The topological polar surface area (TPSA) is 57.2 Å². The minimum Gasteiger partial charge on any atom is -0.381 e. The summed E-state index contributed by atoms with van der Waals surface area (Å²) in [6.45, 7) is 8.69.